The van der Waals surface area contributed by atoms with E-state index < -0.39 is 18.0 Å². The fraction of sp³-hybridized carbons (Fsp3) is 0.467. The van der Waals surface area contributed by atoms with E-state index in [9.17, 15) is 14.3 Å². The number of carbonyl (C=O) groups excluding carboxylic acids is 1. The molecule has 0 heterocycles. The first-order chi connectivity index (χ1) is 10.1. The highest BCUT2D eigenvalue weighted by atomic mass is 19.1. The molecule has 1 aliphatic rings. The van der Waals surface area contributed by atoms with E-state index in [-0.39, 0.29) is 18.2 Å². The van der Waals surface area contributed by atoms with Crippen molar-refractivity contribution in [2.24, 2.45) is 0 Å². The molecule has 1 aromatic rings. The molecule has 0 spiro atoms. The number of halogens is 1. The highest BCUT2D eigenvalue weighted by Gasteiger charge is 2.24. The molecule has 2 amide bonds. The number of hydrogen-bond acceptors (Lipinski definition) is 3. The number of aliphatic hydroxyl groups excluding tert-OH is 1. The summed E-state index contributed by atoms with van der Waals surface area (Å²) < 4.78 is 13.6. The van der Waals surface area contributed by atoms with Crippen LogP contribution in [0, 0.1) is 17.1 Å². The van der Waals surface area contributed by atoms with Crippen LogP contribution in [-0.2, 0) is 6.54 Å². The van der Waals surface area contributed by atoms with E-state index >= 15 is 0 Å². The largest absolute Gasteiger partial charge is 0.391 e. The van der Waals surface area contributed by atoms with Crippen molar-refractivity contribution in [2.75, 3.05) is 0 Å². The van der Waals surface area contributed by atoms with Crippen LogP contribution in [0.2, 0.25) is 0 Å². The molecule has 0 unspecified atom stereocenters. The SMILES string of the molecule is N#Cc1ccc(F)c(CNC(=O)N[C@H]2CCCC[C@H]2O)c1. The van der Waals surface area contributed by atoms with Gasteiger partial charge in [-0.05, 0) is 31.0 Å². The Labute approximate surface area is 122 Å². The lowest BCUT2D eigenvalue weighted by molar-refractivity contribution is 0.0943. The first kappa shape index (κ1) is 15.3. The molecule has 3 N–H and O–H groups in total. The van der Waals surface area contributed by atoms with Crippen LogP contribution in [0.1, 0.15) is 36.8 Å². The molecular formula is C15H18FN3O2. The minimum atomic E-state index is -0.525. The van der Waals surface area contributed by atoms with Crippen molar-refractivity contribution >= 4 is 6.03 Å². The molecule has 1 aromatic carbocycles. The molecule has 0 aliphatic heterocycles. The van der Waals surface area contributed by atoms with Gasteiger partial charge in [-0.15, -0.1) is 0 Å². The summed E-state index contributed by atoms with van der Waals surface area (Å²) >= 11 is 0. The van der Waals surface area contributed by atoms with Crippen LogP contribution >= 0.6 is 0 Å². The van der Waals surface area contributed by atoms with Crippen molar-refractivity contribution in [2.45, 2.75) is 44.4 Å². The molecule has 0 radical (unpaired) electrons. The predicted octanol–water partition coefficient (Wildman–Crippen LogP) is 1.80. The third-order valence-corrected chi connectivity index (χ3v) is 3.66. The van der Waals surface area contributed by atoms with Crippen molar-refractivity contribution < 1.29 is 14.3 Å². The van der Waals surface area contributed by atoms with Gasteiger partial charge in [-0.1, -0.05) is 12.8 Å². The quantitative estimate of drug-likeness (QED) is 0.794. The molecule has 21 heavy (non-hydrogen) atoms. The van der Waals surface area contributed by atoms with Crippen molar-refractivity contribution in [1.29, 1.82) is 5.26 Å². The zero-order chi connectivity index (χ0) is 15.2. The minimum Gasteiger partial charge on any atom is -0.391 e. The lowest BCUT2D eigenvalue weighted by atomic mass is 9.93. The summed E-state index contributed by atoms with van der Waals surface area (Å²) in [5.41, 5.74) is 0.602. The van der Waals surface area contributed by atoms with E-state index in [0.29, 0.717) is 12.0 Å². The normalized spacial score (nSPS) is 21.4. The second kappa shape index (κ2) is 7.04. The number of aliphatic hydroxyl groups is 1. The molecule has 2 rings (SSSR count). The summed E-state index contributed by atoms with van der Waals surface area (Å²) in [7, 11) is 0. The van der Waals surface area contributed by atoms with Crippen LogP contribution in [0.5, 0.6) is 0 Å². The molecule has 1 saturated carbocycles. The Morgan fingerprint density at radius 1 is 1.43 bits per heavy atom. The summed E-state index contributed by atoms with van der Waals surface area (Å²) in [6, 6.07) is 5.23. The zero-order valence-electron chi connectivity index (χ0n) is 11.6. The van der Waals surface area contributed by atoms with Gasteiger partial charge >= 0.3 is 6.03 Å². The third-order valence-electron chi connectivity index (χ3n) is 3.66. The number of nitrogens with one attached hydrogen (secondary N) is 2. The molecule has 6 heteroatoms. The number of carbonyl (C=O) groups is 1. The number of nitriles is 1. The Bertz CT molecular complexity index is 556. The van der Waals surface area contributed by atoms with Gasteiger partial charge in [-0.2, -0.15) is 5.26 Å². The molecular weight excluding hydrogens is 273 g/mol. The van der Waals surface area contributed by atoms with Crippen LogP contribution in [0.25, 0.3) is 0 Å². The number of hydrogen-bond donors (Lipinski definition) is 3. The Kier molecular flexibility index (Phi) is 5.12. The topological polar surface area (TPSA) is 85.2 Å². The van der Waals surface area contributed by atoms with Gasteiger partial charge in [0.1, 0.15) is 5.82 Å². The second-order valence-electron chi connectivity index (χ2n) is 5.20. The Morgan fingerprint density at radius 3 is 2.90 bits per heavy atom. The number of amides is 2. The lowest BCUT2D eigenvalue weighted by Crippen LogP contribution is -2.48. The standard InChI is InChI=1S/C15H18FN3O2/c16-12-6-5-10(8-17)7-11(12)9-18-15(21)19-13-3-1-2-4-14(13)20/h5-7,13-14,20H,1-4,9H2,(H2,18,19,21)/t13-,14+/m0/s1. The maximum Gasteiger partial charge on any atom is 0.315 e. The molecule has 1 fully saturated rings. The number of rotatable bonds is 3. The van der Waals surface area contributed by atoms with Crippen LogP contribution < -0.4 is 10.6 Å². The van der Waals surface area contributed by atoms with Crippen molar-refractivity contribution in [3.63, 3.8) is 0 Å². The van der Waals surface area contributed by atoms with Crippen LogP contribution in [0.15, 0.2) is 18.2 Å². The van der Waals surface area contributed by atoms with Gasteiger partial charge in [0.05, 0.1) is 23.8 Å². The molecule has 2 atom stereocenters. The monoisotopic (exact) mass is 291 g/mol. The van der Waals surface area contributed by atoms with Gasteiger partial charge in [-0.3, -0.25) is 0 Å². The zero-order valence-corrected chi connectivity index (χ0v) is 11.6. The van der Waals surface area contributed by atoms with Crippen LogP contribution in [-0.4, -0.2) is 23.3 Å². The molecule has 0 bridgehead atoms. The fourth-order valence-electron chi connectivity index (χ4n) is 2.45. The number of benzene rings is 1. The van der Waals surface area contributed by atoms with E-state index in [2.05, 4.69) is 10.6 Å². The highest BCUT2D eigenvalue weighted by molar-refractivity contribution is 5.74. The molecule has 1 aliphatic carbocycles. The molecule has 5 nitrogen and oxygen atoms in total. The molecule has 112 valence electrons. The van der Waals surface area contributed by atoms with E-state index in [1.54, 1.807) is 0 Å². The summed E-state index contributed by atoms with van der Waals surface area (Å²) in [6.45, 7) is -0.00397. The first-order valence-corrected chi connectivity index (χ1v) is 7.01. The van der Waals surface area contributed by atoms with Crippen LogP contribution in [0.4, 0.5) is 9.18 Å². The first-order valence-electron chi connectivity index (χ1n) is 7.01. The Balaban J connectivity index is 1.88. The Morgan fingerprint density at radius 2 is 2.19 bits per heavy atom. The van der Waals surface area contributed by atoms with E-state index in [1.165, 1.54) is 18.2 Å². The fourth-order valence-corrected chi connectivity index (χ4v) is 2.45. The van der Waals surface area contributed by atoms with Gasteiger partial charge in [0.25, 0.3) is 0 Å². The van der Waals surface area contributed by atoms with Crippen LogP contribution in [0.3, 0.4) is 0 Å². The van der Waals surface area contributed by atoms with Gasteiger partial charge in [0.2, 0.25) is 0 Å². The second-order valence-corrected chi connectivity index (χ2v) is 5.20. The summed E-state index contributed by atoms with van der Waals surface area (Å²) in [5, 5.41) is 23.8. The number of nitrogens with zero attached hydrogens (tertiary/aromatic N) is 1. The predicted molar refractivity (Wildman–Crippen MR) is 74.7 cm³/mol. The van der Waals surface area contributed by atoms with Crippen molar-refractivity contribution in [1.82, 2.24) is 10.6 Å². The summed E-state index contributed by atoms with van der Waals surface area (Å²) in [6.07, 6.45) is 2.84. The molecule has 0 aromatic heterocycles. The van der Waals surface area contributed by atoms with Gasteiger partial charge in [0, 0.05) is 12.1 Å². The summed E-state index contributed by atoms with van der Waals surface area (Å²) in [5.74, 6) is -0.466. The van der Waals surface area contributed by atoms with E-state index in [0.717, 1.165) is 19.3 Å². The lowest BCUT2D eigenvalue weighted by Gasteiger charge is -2.28. The van der Waals surface area contributed by atoms with Crippen molar-refractivity contribution in [3.05, 3.63) is 35.1 Å². The van der Waals surface area contributed by atoms with E-state index in [4.69, 9.17) is 5.26 Å². The Hall–Kier alpha value is -2.13. The summed E-state index contributed by atoms with van der Waals surface area (Å²) in [4.78, 5) is 11.8. The smallest absolute Gasteiger partial charge is 0.315 e. The van der Waals surface area contributed by atoms with Crippen molar-refractivity contribution in [3.8, 4) is 6.07 Å². The van der Waals surface area contributed by atoms with Gasteiger partial charge in [-0.25, -0.2) is 9.18 Å². The average Bonchev–Trinajstić information content (AvgIpc) is 2.49. The third kappa shape index (κ3) is 4.17. The van der Waals surface area contributed by atoms with Gasteiger partial charge < -0.3 is 15.7 Å². The molecule has 0 saturated heterocycles. The van der Waals surface area contributed by atoms with Gasteiger partial charge in [0.15, 0.2) is 0 Å². The highest BCUT2D eigenvalue weighted by Crippen LogP contribution is 2.18. The average molecular weight is 291 g/mol. The number of urea groups is 1. The van der Waals surface area contributed by atoms with E-state index in [1.807, 2.05) is 6.07 Å². The minimum absolute atomic E-state index is 0.00397. The maximum absolute atomic E-state index is 13.6. The maximum atomic E-state index is 13.6.